The summed E-state index contributed by atoms with van der Waals surface area (Å²) in [6, 6.07) is 11.9. The zero-order chi connectivity index (χ0) is 23.9. The highest BCUT2D eigenvalue weighted by Crippen LogP contribution is 2.21. The minimum atomic E-state index is -3.93. The van der Waals surface area contributed by atoms with Crippen molar-refractivity contribution in [2.75, 3.05) is 20.1 Å². The minimum Gasteiger partial charge on any atom is -0.355 e. The summed E-state index contributed by atoms with van der Waals surface area (Å²) in [7, 11) is -2.61. The third kappa shape index (κ3) is 6.45. The predicted octanol–water partition coefficient (Wildman–Crippen LogP) is 3.56. The van der Waals surface area contributed by atoms with Gasteiger partial charge < -0.3 is 10.2 Å². The molecule has 1 atom stereocenters. The predicted molar refractivity (Wildman–Crippen MR) is 126 cm³/mol. The van der Waals surface area contributed by atoms with Crippen molar-refractivity contribution in [2.24, 2.45) is 0 Å². The van der Waals surface area contributed by atoms with Gasteiger partial charge in [0.1, 0.15) is 6.04 Å². The van der Waals surface area contributed by atoms with E-state index >= 15 is 0 Å². The van der Waals surface area contributed by atoms with E-state index in [-0.39, 0.29) is 17.3 Å². The number of amides is 2. The Morgan fingerprint density at radius 2 is 1.66 bits per heavy atom. The highest BCUT2D eigenvalue weighted by Gasteiger charge is 2.31. The monoisotopic (exact) mass is 499 g/mol. The molecular formula is C22H27Cl2N3O4S. The highest BCUT2D eigenvalue weighted by molar-refractivity contribution is 7.89. The quantitative estimate of drug-likeness (QED) is 0.541. The molecule has 0 radical (unpaired) electrons. The molecule has 2 rings (SSSR count). The molecule has 2 aromatic carbocycles. The summed E-state index contributed by atoms with van der Waals surface area (Å²) in [5.41, 5.74) is 0.661. The number of nitrogens with one attached hydrogen (secondary N) is 1. The van der Waals surface area contributed by atoms with Gasteiger partial charge in [-0.05, 0) is 49.2 Å². The first kappa shape index (κ1) is 26.1. The first-order chi connectivity index (χ1) is 15.1. The van der Waals surface area contributed by atoms with Gasteiger partial charge in [-0.2, -0.15) is 4.31 Å². The summed E-state index contributed by atoms with van der Waals surface area (Å²) in [4.78, 5) is 27.3. The Kier molecular flexibility index (Phi) is 9.51. The standard InChI is InChI=1S/C22H27Cl2N3O4S/c1-4-20(22(29)25-5-2)27(14-16-8-6-7-9-19(16)24)21(28)15-26(3)32(30,31)18-12-10-17(23)11-13-18/h6-13,20H,4-5,14-15H2,1-3H3,(H,25,29)/t20-/m1/s1. The molecule has 0 aliphatic heterocycles. The molecule has 0 bridgehead atoms. The van der Waals surface area contributed by atoms with E-state index in [4.69, 9.17) is 23.2 Å². The van der Waals surface area contributed by atoms with Crippen LogP contribution in [0.15, 0.2) is 53.4 Å². The molecule has 32 heavy (non-hydrogen) atoms. The van der Waals surface area contributed by atoms with Crippen LogP contribution in [0.25, 0.3) is 0 Å². The fraction of sp³-hybridized carbons (Fsp3) is 0.364. The van der Waals surface area contributed by atoms with Crippen LogP contribution in [0.4, 0.5) is 0 Å². The molecule has 10 heteroatoms. The maximum Gasteiger partial charge on any atom is 0.243 e. The summed E-state index contributed by atoms with van der Waals surface area (Å²) < 4.78 is 26.8. The van der Waals surface area contributed by atoms with E-state index in [2.05, 4.69) is 5.32 Å². The van der Waals surface area contributed by atoms with Crippen LogP contribution in [0.2, 0.25) is 10.0 Å². The van der Waals surface area contributed by atoms with E-state index in [9.17, 15) is 18.0 Å². The zero-order valence-corrected chi connectivity index (χ0v) is 20.5. The molecule has 0 aromatic heterocycles. The molecule has 2 amide bonds. The summed E-state index contributed by atoms with van der Waals surface area (Å²) in [6.45, 7) is 3.63. The number of benzene rings is 2. The van der Waals surface area contributed by atoms with Crippen LogP contribution < -0.4 is 5.32 Å². The second-order valence-electron chi connectivity index (χ2n) is 7.15. The Labute approximate surface area is 199 Å². The third-order valence-corrected chi connectivity index (χ3v) is 7.35. The van der Waals surface area contributed by atoms with Crippen molar-refractivity contribution in [3.05, 3.63) is 64.1 Å². The minimum absolute atomic E-state index is 0.0191. The second-order valence-corrected chi connectivity index (χ2v) is 10.0. The Morgan fingerprint density at radius 1 is 1.03 bits per heavy atom. The molecule has 0 spiro atoms. The Morgan fingerprint density at radius 3 is 2.22 bits per heavy atom. The molecule has 2 aromatic rings. The van der Waals surface area contributed by atoms with E-state index in [0.717, 1.165) is 4.31 Å². The van der Waals surface area contributed by atoms with Crippen LogP contribution in [-0.4, -0.2) is 55.6 Å². The summed E-state index contributed by atoms with van der Waals surface area (Å²) >= 11 is 12.1. The van der Waals surface area contributed by atoms with Gasteiger partial charge in [-0.15, -0.1) is 0 Å². The van der Waals surface area contributed by atoms with Crippen LogP contribution in [0, 0.1) is 0 Å². The zero-order valence-electron chi connectivity index (χ0n) is 18.2. The number of nitrogens with zero attached hydrogens (tertiary/aromatic N) is 2. The van der Waals surface area contributed by atoms with Crippen molar-refractivity contribution in [1.29, 1.82) is 0 Å². The van der Waals surface area contributed by atoms with Gasteiger partial charge in [0.15, 0.2) is 0 Å². The van der Waals surface area contributed by atoms with Gasteiger partial charge in [-0.3, -0.25) is 9.59 Å². The molecule has 174 valence electrons. The molecular weight excluding hydrogens is 473 g/mol. The number of carbonyl (C=O) groups excluding carboxylic acids is 2. The fourth-order valence-electron chi connectivity index (χ4n) is 3.17. The average molecular weight is 500 g/mol. The average Bonchev–Trinajstić information content (AvgIpc) is 2.75. The highest BCUT2D eigenvalue weighted by atomic mass is 35.5. The number of hydrogen-bond acceptors (Lipinski definition) is 4. The van der Waals surface area contributed by atoms with Crippen molar-refractivity contribution in [1.82, 2.24) is 14.5 Å². The Balaban J connectivity index is 2.33. The molecule has 0 saturated carbocycles. The fourth-order valence-corrected chi connectivity index (χ4v) is 4.62. The van der Waals surface area contributed by atoms with E-state index in [1.54, 1.807) is 38.1 Å². The first-order valence-corrected chi connectivity index (χ1v) is 12.3. The van der Waals surface area contributed by atoms with Crippen molar-refractivity contribution in [3.63, 3.8) is 0 Å². The van der Waals surface area contributed by atoms with Crippen LogP contribution >= 0.6 is 23.2 Å². The van der Waals surface area contributed by atoms with Gasteiger partial charge in [0.05, 0.1) is 11.4 Å². The second kappa shape index (κ2) is 11.7. The van der Waals surface area contributed by atoms with Crippen molar-refractivity contribution < 1.29 is 18.0 Å². The molecule has 0 aliphatic carbocycles. The molecule has 0 unspecified atom stereocenters. The van der Waals surface area contributed by atoms with E-state index < -0.39 is 28.5 Å². The van der Waals surface area contributed by atoms with Gasteiger partial charge in [-0.1, -0.05) is 48.3 Å². The lowest BCUT2D eigenvalue weighted by Crippen LogP contribution is -2.51. The summed E-state index contributed by atoms with van der Waals surface area (Å²) in [6.07, 6.45) is 0.357. The molecule has 1 N–H and O–H groups in total. The summed E-state index contributed by atoms with van der Waals surface area (Å²) in [5, 5.41) is 3.60. The van der Waals surface area contributed by atoms with Crippen LogP contribution in [0.5, 0.6) is 0 Å². The van der Waals surface area contributed by atoms with Crippen LogP contribution in [-0.2, 0) is 26.2 Å². The number of sulfonamides is 1. The number of hydrogen-bond donors (Lipinski definition) is 1. The van der Waals surface area contributed by atoms with Crippen LogP contribution in [0.1, 0.15) is 25.8 Å². The lowest BCUT2D eigenvalue weighted by molar-refractivity contribution is -0.141. The van der Waals surface area contributed by atoms with E-state index in [0.29, 0.717) is 28.6 Å². The molecule has 7 nitrogen and oxygen atoms in total. The van der Waals surface area contributed by atoms with Gasteiger partial charge in [0.2, 0.25) is 21.8 Å². The summed E-state index contributed by atoms with van der Waals surface area (Å²) in [5.74, 6) is -0.818. The lowest BCUT2D eigenvalue weighted by atomic mass is 10.1. The molecule has 0 saturated heterocycles. The molecule has 0 fully saturated rings. The van der Waals surface area contributed by atoms with Gasteiger partial charge in [0, 0.05) is 30.2 Å². The Bertz CT molecular complexity index is 1050. The lowest BCUT2D eigenvalue weighted by Gasteiger charge is -2.32. The number of likely N-dealkylation sites (N-methyl/N-ethyl adjacent to an activating group) is 2. The largest absolute Gasteiger partial charge is 0.355 e. The van der Waals surface area contributed by atoms with E-state index in [1.165, 1.54) is 36.2 Å². The van der Waals surface area contributed by atoms with Gasteiger partial charge in [-0.25, -0.2) is 8.42 Å². The maximum atomic E-state index is 13.3. The molecule has 0 heterocycles. The normalized spacial score (nSPS) is 12.4. The Hall–Kier alpha value is -2.13. The van der Waals surface area contributed by atoms with Crippen molar-refractivity contribution in [3.8, 4) is 0 Å². The number of halogens is 2. The molecule has 0 aliphatic rings. The number of rotatable bonds is 10. The third-order valence-electron chi connectivity index (χ3n) is 4.92. The van der Waals surface area contributed by atoms with Crippen LogP contribution in [0.3, 0.4) is 0 Å². The maximum absolute atomic E-state index is 13.3. The van der Waals surface area contributed by atoms with Gasteiger partial charge >= 0.3 is 0 Å². The topological polar surface area (TPSA) is 86.8 Å². The SMILES string of the molecule is CCNC(=O)[C@@H](CC)N(Cc1ccccc1Cl)C(=O)CN(C)S(=O)(=O)c1ccc(Cl)cc1. The van der Waals surface area contributed by atoms with Gasteiger partial charge in [0.25, 0.3) is 0 Å². The first-order valence-electron chi connectivity index (χ1n) is 10.1. The van der Waals surface area contributed by atoms with E-state index in [1.807, 2.05) is 0 Å². The van der Waals surface area contributed by atoms with Crippen molar-refractivity contribution >= 4 is 45.0 Å². The van der Waals surface area contributed by atoms with Crippen molar-refractivity contribution in [2.45, 2.75) is 37.8 Å². The smallest absolute Gasteiger partial charge is 0.243 e. The number of carbonyl (C=O) groups is 2.